The van der Waals surface area contributed by atoms with Gasteiger partial charge in [0.05, 0.1) is 13.5 Å². The van der Waals surface area contributed by atoms with Gasteiger partial charge in [-0.15, -0.1) is 0 Å². The van der Waals surface area contributed by atoms with E-state index < -0.39 is 6.04 Å². The number of benzene rings is 2. The predicted octanol–water partition coefficient (Wildman–Crippen LogP) is 4.37. The van der Waals surface area contributed by atoms with Crippen LogP contribution in [0.5, 0.6) is 5.75 Å². The molecule has 0 bridgehead atoms. The molecule has 2 aromatic carbocycles. The highest BCUT2D eigenvalue weighted by Crippen LogP contribution is 2.20. The molecule has 0 heterocycles. The van der Waals surface area contributed by atoms with Crippen LogP contribution in [-0.2, 0) is 22.6 Å². The molecule has 1 aliphatic rings. The molecule has 0 saturated heterocycles. The summed E-state index contributed by atoms with van der Waals surface area (Å²) in [4.78, 5) is 27.7. The lowest BCUT2D eigenvalue weighted by Gasteiger charge is -2.30. The summed E-state index contributed by atoms with van der Waals surface area (Å²) >= 11 is 5.96. The summed E-state index contributed by atoms with van der Waals surface area (Å²) in [5, 5.41) is 3.75. The van der Waals surface area contributed by atoms with E-state index in [0.29, 0.717) is 11.6 Å². The normalized spacial score (nSPS) is 14.9. The summed E-state index contributed by atoms with van der Waals surface area (Å²) in [5.74, 6) is 0.562. The van der Waals surface area contributed by atoms with Gasteiger partial charge in [-0.1, -0.05) is 48.7 Å². The van der Waals surface area contributed by atoms with Gasteiger partial charge in [-0.3, -0.25) is 9.59 Å². The average Bonchev–Trinajstić information content (AvgIpc) is 3.26. The van der Waals surface area contributed by atoms with Crippen LogP contribution < -0.4 is 10.1 Å². The molecular weight excluding hydrogens is 400 g/mol. The summed E-state index contributed by atoms with van der Waals surface area (Å²) < 4.78 is 5.21. The van der Waals surface area contributed by atoms with Crippen LogP contribution in [0.2, 0.25) is 5.02 Å². The number of nitrogens with one attached hydrogen (secondary N) is 1. The zero-order valence-corrected chi connectivity index (χ0v) is 18.3. The number of amides is 2. The van der Waals surface area contributed by atoms with Gasteiger partial charge in [-0.2, -0.15) is 0 Å². The van der Waals surface area contributed by atoms with E-state index in [4.69, 9.17) is 16.3 Å². The minimum absolute atomic E-state index is 0.0952. The lowest BCUT2D eigenvalue weighted by Crippen LogP contribution is -2.50. The van der Waals surface area contributed by atoms with E-state index in [1.54, 1.807) is 31.1 Å². The Kier molecular flexibility index (Phi) is 7.75. The predicted molar refractivity (Wildman–Crippen MR) is 119 cm³/mol. The number of methoxy groups -OCH3 is 1. The molecule has 3 rings (SSSR count). The van der Waals surface area contributed by atoms with Gasteiger partial charge in [-0.05, 0) is 55.2 Å². The number of halogens is 1. The number of carbonyl (C=O) groups is 2. The molecule has 0 radical (unpaired) electrons. The van der Waals surface area contributed by atoms with Gasteiger partial charge in [0.1, 0.15) is 11.8 Å². The molecule has 2 aromatic rings. The summed E-state index contributed by atoms with van der Waals surface area (Å²) in [6, 6.07) is 14.4. The van der Waals surface area contributed by atoms with Crippen molar-refractivity contribution in [3.63, 3.8) is 0 Å². The Balaban J connectivity index is 1.75. The zero-order chi connectivity index (χ0) is 21.5. The maximum atomic E-state index is 13.2. The summed E-state index contributed by atoms with van der Waals surface area (Å²) in [5.41, 5.74) is 1.81. The van der Waals surface area contributed by atoms with Gasteiger partial charge in [0.2, 0.25) is 11.8 Å². The maximum absolute atomic E-state index is 13.2. The average molecular weight is 429 g/mol. The van der Waals surface area contributed by atoms with Crippen molar-refractivity contribution in [3.05, 3.63) is 64.7 Å². The van der Waals surface area contributed by atoms with Crippen LogP contribution in [0.1, 0.15) is 43.7 Å². The first-order valence-corrected chi connectivity index (χ1v) is 10.8. The van der Waals surface area contributed by atoms with Crippen molar-refractivity contribution in [1.29, 1.82) is 0 Å². The molecule has 30 heavy (non-hydrogen) atoms. The van der Waals surface area contributed by atoms with Crippen molar-refractivity contribution in [1.82, 2.24) is 10.2 Å². The second-order valence-electron chi connectivity index (χ2n) is 7.84. The monoisotopic (exact) mass is 428 g/mol. The Morgan fingerprint density at radius 3 is 2.27 bits per heavy atom. The fraction of sp³-hybridized carbons (Fsp3) is 0.417. The number of hydrogen-bond acceptors (Lipinski definition) is 3. The van der Waals surface area contributed by atoms with Gasteiger partial charge >= 0.3 is 0 Å². The quantitative estimate of drug-likeness (QED) is 0.679. The smallest absolute Gasteiger partial charge is 0.242 e. The van der Waals surface area contributed by atoms with Crippen molar-refractivity contribution >= 4 is 23.4 Å². The SMILES string of the molecule is COc1ccc(CN(C(=O)Cc2ccc(Cl)cc2)[C@H](C)C(=O)NC2CCCC2)cc1. The van der Waals surface area contributed by atoms with Crippen LogP contribution >= 0.6 is 11.6 Å². The molecule has 0 aliphatic heterocycles. The third-order valence-electron chi connectivity index (χ3n) is 5.65. The molecule has 1 N–H and O–H groups in total. The number of carbonyl (C=O) groups excluding carboxylic acids is 2. The van der Waals surface area contributed by atoms with Crippen molar-refractivity contribution in [2.75, 3.05) is 7.11 Å². The largest absolute Gasteiger partial charge is 0.497 e. The van der Waals surface area contributed by atoms with Crippen LogP contribution in [0.3, 0.4) is 0 Å². The Morgan fingerprint density at radius 1 is 1.07 bits per heavy atom. The first-order chi connectivity index (χ1) is 14.5. The van der Waals surface area contributed by atoms with Gasteiger partial charge in [0.25, 0.3) is 0 Å². The Morgan fingerprint density at radius 2 is 1.67 bits per heavy atom. The molecular formula is C24H29ClN2O3. The number of hydrogen-bond donors (Lipinski definition) is 1. The molecule has 5 nitrogen and oxygen atoms in total. The lowest BCUT2D eigenvalue weighted by molar-refractivity contribution is -0.140. The Hall–Kier alpha value is -2.53. The molecule has 0 aromatic heterocycles. The van der Waals surface area contributed by atoms with Crippen LogP contribution in [0.25, 0.3) is 0 Å². The highest BCUT2D eigenvalue weighted by atomic mass is 35.5. The molecule has 0 unspecified atom stereocenters. The second-order valence-corrected chi connectivity index (χ2v) is 8.28. The van der Waals surface area contributed by atoms with Gasteiger partial charge in [0, 0.05) is 17.6 Å². The van der Waals surface area contributed by atoms with Gasteiger partial charge < -0.3 is 15.0 Å². The Bertz CT molecular complexity index is 846. The van der Waals surface area contributed by atoms with E-state index in [1.807, 2.05) is 36.4 Å². The number of rotatable bonds is 8. The van der Waals surface area contributed by atoms with Gasteiger partial charge in [-0.25, -0.2) is 0 Å². The maximum Gasteiger partial charge on any atom is 0.242 e. The fourth-order valence-corrected chi connectivity index (χ4v) is 3.91. The second kappa shape index (κ2) is 10.5. The molecule has 6 heteroatoms. The summed E-state index contributed by atoms with van der Waals surface area (Å²) in [7, 11) is 1.62. The molecule has 1 fully saturated rings. The Labute approximate surface area is 183 Å². The first-order valence-electron chi connectivity index (χ1n) is 10.4. The van der Waals surface area contributed by atoms with Crippen molar-refractivity contribution in [3.8, 4) is 5.75 Å². The molecule has 160 valence electrons. The van der Waals surface area contributed by atoms with Gasteiger partial charge in [0.15, 0.2) is 0 Å². The number of nitrogens with zero attached hydrogens (tertiary/aromatic N) is 1. The lowest BCUT2D eigenvalue weighted by atomic mass is 10.1. The molecule has 1 atom stereocenters. The minimum Gasteiger partial charge on any atom is -0.497 e. The van der Waals surface area contributed by atoms with E-state index in [0.717, 1.165) is 42.6 Å². The molecule has 2 amide bonds. The van der Waals surface area contributed by atoms with E-state index in [-0.39, 0.29) is 24.3 Å². The van der Waals surface area contributed by atoms with E-state index in [9.17, 15) is 9.59 Å². The zero-order valence-electron chi connectivity index (χ0n) is 17.6. The standard InChI is InChI=1S/C24H29ClN2O3/c1-17(24(29)26-21-5-3-4-6-21)27(16-19-9-13-22(30-2)14-10-19)23(28)15-18-7-11-20(25)12-8-18/h7-14,17,21H,3-6,15-16H2,1-2H3,(H,26,29)/t17-/m1/s1. The van der Waals surface area contributed by atoms with E-state index in [1.165, 1.54) is 0 Å². The summed E-state index contributed by atoms with van der Waals surface area (Å²) in [6.07, 6.45) is 4.52. The topological polar surface area (TPSA) is 58.6 Å². The third-order valence-corrected chi connectivity index (χ3v) is 5.90. The molecule has 0 spiro atoms. The van der Waals surface area contributed by atoms with Crippen LogP contribution in [0, 0.1) is 0 Å². The highest BCUT2D eigenvalue weighted by Gasteiger charge is 2.28. The van der Waals surface area contributed by atoms with Crippen molar-refractivity contribution < 1.29 is 14.3 Å². The molecule has 1 aliphatic carbocycles. The van der Waals surface area contributed by atoms with E-state index in [2.05, 4.69) is 5.32 Å². The van der Waals surface area contributed by atoms with Crippen molar-refractivity contribution in [2.24, 2.45) is 0 Å². The van der Waals surface area contributed by atoms with Crippen molar-refractivity contribution in [2.45, 2.75) is 57.7 Å². The molecule has 1 saturated carbocycles. The van der Waals surface area contributed by atoms with Crippen LogP contribution in [-0.4, -0.2) is 35.9 Å². The number of ether oxygens (including phenoxy) is 1. The fourth-order valence-electron chi connectivity index (χ4n) is 3.78. The summed E-state index contributed by atoms with van der Waals surface area (Å²) in [6.45, 7) is 2.16. The highest BCUT2D eigenvalue weighted by molar-refractivity contribution is 6.30. The minimum atomic E-state index is -0.562. The first kappa shape index (κ1) is 22.2. The van der Waals surface area contributed by atoms with E-state index >= 15 is 0 Å². The van der Waals surface area contributed by atoms with Crippen LogP contribution in [0.15, 0.2) is 48.5 Å². The van der Waals surface area contributed by atoms with Crippen LogP contribution in [0.4, 0.5) is 0 Å². The third kappa shape index (κ3) is 5.99.